The highest BCUT2D eigenvalue weighted by molar-refractivity contribution is 5.87. The largest absolute Gasteiger partial charge is 0.358 e. The van der Waals surface area contributed by atoms with Gasteiger partial charge in [-0.15, -0.1) is 12.4 Å². The van der Waals surface area contributed by atoms with Crippen LogP contribution >= 0.6 is 12.4 Å². The van der Waals surface area contributed by atoms with Crippen LogP contribution in [0.5, 0.6) is 0 Å². The molecule has 6 nitrogen and oxygen atoms in total. The summed E-state index contributed by atoms with van der Waals surface area (Å²) in [5, 5.41) is 6.04. The quantitative estimate of drug-likeness (QED) is 0.755. The number of hydrogen-bond acceptors (Lipinski definition) is 4. The second-order valence-electron chi connectivity index (χ2n) is 5.71. The van der Waals surface area contributed by atoms with Gasteiger partial charge in [0.05, 0.1) is 12.1 Å². The molecule has 2 heterocycles. The molecule has 2 aliphatic rings. The Morgan fingerprint density at radius 3 is 2.38 bits per heavy atom. The standard InChI is InChI=1S/C14H26N4O2.ClH/c1-3-14(5-4-6-16-14)13(20)18-9-7-17(8-10-18)11-12(19)15-2;/h16H,3-11H2,1-2H3,(H,15,19);1H. The van der Waals surface area contributed by atoms with E-state index in [1.54, 1.807) is 7.05 Å². The number of carbonyl (C=O) groups excluding carboxylic acids is 2. The lowest BCUT2D eigenvalue weighted by Crippen LogP contribution is -2.59. The van der Waals surface area contributed by atoms with Crippen LogP contribution in [0.2, 0.25) is 0 Å². The molecule has 7 heteroatoms. The maximum absolute atomic E-state index is 12.7. The summed E-state index contributed by atoms with van der Waals surface area (Å²) in [5.41, 5.74) is -0.330. The van der Waals surface area contributed by atoms with E-state index in [0.717, 1.165) is 52.0 Å². The van der Waals surface area contributed by atoms with Crippen molar-refractivity contribution < 1.29 is 9.59 Å². The lowest BCUT2D eigenvalue weighted by atomic mass is 9.92. The van der Waals surface area contributed by atoms with Gasteiger partial charge >= 0.3 is 0 Å². The number of rotatable bonds is 4. The van der Waals surface area contributed by atoms with Crippen molar-refractivity contribution in [1.82, 2.24) is 20.4 Å². The van der Waals surface area contributed by atoms with Crippen LogP contribution in [0, 0.1) is 0 Å². The van der Waals surface area contributed by atoms with E-state index in [0.29, 0.717) is 6.54 Å². The first-order valence-corrected chi connectivity index (χ1v) is 7.58. The van der Waals surface area contributed by atoms with Gasteiger partial charge in [-0.3, -0.25) is 14.5 Å². The molecule has 2 fully saturated rings. The van der Waals surface area contributed by atoms with Gasteiger partial charge in [0, 0.05) is 33.2 Å². The number of nitrogens with zero attached hydrogens (tertiary/aromatic N) is 2. The fourth-order valence-electron chi connectivity index (χ4n) is 3.14. The Morgan fingerprint density at radius 1 is 1.24 bits per heavy atom. The first-order chi connectivity index (χ1) is 9.61. The second kappa shape index (κ2) is 7.96. The van der Waals surface area contributed by atoms with Crippen LogP contribution in [0.4, 0.5) is 0 Å². The summed E-state index contributed by atoms with van der Waals surface area (Å²) in [6.07, 6.45) is 2.88. The molecule has 2 amide bonds. The smallest absolute Gasteiger partial charge is 0.242 e. The molecule has 1 atom stereocenters. The van der Waals surface area contributed by atoms with Gasteiger partial charge in [0.1, 0.15) is 0 Å². The third kappa shape index (κ3) is 4.08. The lowest BCUT2D eigenvalue weighted by Gasteiger charge is -2.39. The molecule has 0 saturated carbocycles. The predicted octanol–water partition coefficient (Wildman–Crippen LogP) is -0.169. The van der Waals surface area contributed by atoms with Crippen molar-refractivity contribution in [2.45, 2.75) is 31.7 Å². The molecule has 2 aliphatic heterocycles. The van der Waals surface area contributed by atoms with E-state index in [4.69, 9.17) is 0 Å². The molecule has 0 radical (unpaired) electrons. The van der Waals surface area contributed by atoms with Crippen molar-refractivity contribution in [3.05, 3.63) is 0 Å². The zero-order valence-electron chi connectivity index (χ0n) is 13.0. The van der Waals surface area contributed by atoms with Crippen LogP contribution in [0.25, 0.3) is 0 Å². The van der Waals surface area contributed by atoms with E-state index in [2.05, 4.69) is 22.5 Å². The van der Waals surface area contributed by atoms with Gasteiger partial charge in [0.25, 0.3) is 0 Å². The maximum Gasteiger partial charge on any atom is 0.242 e. The van der Waals surface area contributed by atoms with Crippen molar-refractivity contribution in [1.29, 1.82) is 0 Å². The molecule has 21 heavy (non-hydrogen) atoms. The summed E-state index contributed by atoms with van der Waals surface area (Å²) in [7, 11) is 1.65. The number of likely N-dealkylation sites (N-methyl/N-ethyl adjacent to an activating group) is 1. The van der Waals surface area contributed by atoms with Gasteiger partial charge in [0.2, 0.25) is 11.8 Å². The maximum atomic E-state index is 12.7. The van der Waals surface area contributed by atoms with Gasteiger partial charge in [-0.25, -0.2) is 0 Å². The van der Waals surface area contributed by atoms with Gasteiger partial charge < -0.3 is 15.5 Å². The topological polar surface area (TPSA) is 64.7 Å². The third-order valence-electron chi connectivity index (χ3n) is 4.56. The molecule has 0 spiro atoms. The summed E-state index contributed by atoms with van der Waals surface area (Å²) in [6.45, 7) is 6.44. The van der Waals surface area contributed by atoms with E-state index in [1.807, 2.05) is 4.90 Å². The van der Waals surface area contributed by atoms with Crippen LogP contribution in [-0.2, 0) is 9.59 Å². The fourth-order valence-corrected chi connectivity index (χ4v) is 3.14. The first kappa shape index (κ1) is 18.2. The fraction of sp³-hybridized carbons (Fsp3) is 0.857. The Balaban J connectivity index is 0.00000220. The molecular formula is C14H27ClN4O2. The van der Waals surface area contributed by atoms with E-state index in [1.165, 1.54) is 0 Å². The van der Waals surface area contributed by atoms with Crippen LogP contribution < -0.4 is 10.6 Å². The number of amides is 2. The lowest BCUT2D eigenvalue weighted by molar-refractivity contribution is -0.140. The second-order valence-corrected chi connectivity index (χ2v) is 5.71. The number of nitrogens with one attached hydrogen (secondary N) is 2. The van der Waals surface area contributed by atoms with Gasteiger partial charge in [-0.05, 0) is 25.8 Å². The van der Waals surface area contributed by atoms with Gasteiger partial charge in [0.15, 0.2) is 0 Å². The Morgan fingerprint density at radius 2 is 1.90 bits per heavy atom. The zero-order valence-corrected chi connectivity index (χ0v) is 13.8. The summed E-state index contributed by atoms with van der Waals surface area (Å²) in [4.78, 5) is 28.1. The Hall–Kier alpha value is -0.850. The SMILES string of the molecule is CCC1(C(=O)N2CCN(CC(=O)NC)CC2)CCCN1.Cl. The van der Waals surface area contributed by atoms with Crippen molar-refractivity contribution in [2.24, 2.45) is 0 Å². The highest BCUT2D eigenvalue weighted by atomic mass is 35.5. The number of halogens is 1. The van der Waals surface area contributed by atoms with Crippen LogP contribution in [0.15, 0.2) is 0 Å². The van der Waals surface area contributed by atoms with Crippen molar-refractivity contribution in [3.8, 4) is 0 Å². The molecule has 2 rings (SSSR count). The highest BCUT2D eigenvalue weighted by Crippen LogP contribution is 2.25. The average Bonchev–Trinajstić information content (AvgIpc) is 2.97. The molecule has 0 aromatic heterocycles. The van der Waals surface area contributed by atoms with E-state index in [9.17, 15) is 9.59 Å². The predicted molar refractivity (Wildman–Crippen MR) is 84.6 cm³/mol. The molecule has 2 N–H and O–H groups in total. The molecular weight excluding hydrogens is 292 g/mol. The van der Waals surface area contributed by atoms with Crippen LogP contribution in [-0.4, -0.2) is 73.5 Å². The molecule has 0 aromatic rings. The summed E-state index contributed by atoms with van der Waals surface area (Å²) < 4.78 is 0. The molecule has 0 bridgehead atoms. The Kier molecular flexibility index (Phi) is 6.90. The van der Waals surface area contributed by atoms with Crippen molar-refractivity contribution in [3.63, 3.8) is 0 Å². The minimum atomic E-state index is -0.330. The molecule has 1 unspecified atom stereocenters. The normalized spacial score (nSPS) is 26.3. The van der Waals surface area contributed by atoms with Gasteiger partial charge in [-0.1, -0.05) is 6.92 Å². The van der Waals surface area contributed by atoms with E-state index < -0.39 is 0 Å². The molecule has 122 valence electrons. The summed E-state index contributed by atoms with van der Waals surface area (Å²) in [6, 6.07) is 0. The summed E-state index contributed by atoms with van der Waals surface area (Å²) >= 11 is 0. The minimum Gasteiger partial charge on any atom is -0.358 e. The number of carbonyl (C=O) groups is 2. The molecule has 0 aromatic carbocycles. The first-order valence-electron chi connectivity index (χ1n) is 7.58. The average molecular weight is 319 g/mol. The van der Waals surface area contributed by atoms with E-state index in [-0.39, 0.29) is 29.8 Å². The summed E-state index contributed by atoms with van der Waals surface area (Å²) in [5.74, 6) is 0.282. The minimum absolute atomic E-state index is 0. The molecule has 0 aliphatic carbocycles. The Labute approximate surface area is 133 Å². The van der Waals surface area contributed by atoms with Gasteiger partial charge in [-0.2, -0.15) is 0 Å². The third-order valence-corrected chi connectivity index (χ3v) is 4.56. The zero-order chi connectivity index (χ0) is 14.6. The van der Waals surface area contributed by atoms with E-state index >= 15 is 0 Å². The highest BCUT2D eigenvalue weighted by Gasteiger charge is 2.42. The van der Waals surface area contributed by atoms with Crippen molar-refractivity contribution in [2.75, 3.05) is 46.3 Å². The van der Waals surface area contributed by atoms with Crippen LogP contribution in [0.3, 0.4) is 0 Å². The monoisotopic (exact) mass is 318 g/mol. The van der Waals surface area contributed by atoms with Crippen LogP contribution in [0.1, 0.15) is 26.2 Å². The molecule has 2 saturated heterocycles. The van der Waals surface area contributed by atoms with Crippen molar-refractivity contribution >= 4 is 24.2 Å². The number of piperazine rings is 1. The number of hydrogen-bond donors (Lipinski definition) is 2. The Bertz CT molecular complexity index is 364.